The molecule has 46 heavy (non-hydrogen) atoms. The number of ether oxygens (including phenoxy) is 2. The van der Waals surface area contributed by atoms with Crippen molar-refractivity contribution in [1.29, 1.82) is 0 Å². The summed E-state index contributed by atoms with van der Waals surface area (Å²) in [5.41, 5.74) is 1.89. The van der Waals surface area contributed by atoms with Crippen molar-refractivity contribution in [3.8, 4) is 0 Å². The van der Waals surface area contributed by atoms with Gasteiger partial charge in [0, 0.05) is 28.0 Å². The number of pyridine rings is 1. The van der Waals surface area contributed by atoms with Crippen LogP contribution in [-0.2, 0) is 15.1 Å². The highest BCUT2D eigenvalue weighted by molar-refractivity contribution is 7.80. The molecule has 0 spiro atoms. The molecule has 5 N–H and O–H groups in total. The normalized spacial score (nSPS) is 10.4. The molecule has 3 aromatic carbocycles. The van der Waals surface area contributed by atoms with E-state index in [1.54, 1.807) is 80.8 Å². The first-order valence-electron chi connectivity index (χ1n) is 13.8. The molecule has 14 heteroatoms. The van der Waals surface area contributed by atoms with Crippen LogP contribution >= 0.6 is 47.6 Å². The van der Waals surface area contributed by atoms with E-state index in [2.05, 4.69) is 26.3 Å². The maximum atomic E-state index is 11.5. The van der Waals surface area contributed by atoms with Gasteiger partial charge in [0.05, 0.1) is 24.6 Å². The molecule has 0 atom stereocenters. The van der Waals surface area contributed by atoms with E-state index in [4.69, 9.17) is 57.1 Å². The smallest absolute Gasteiger partial charge is 0.413 e. The summed E-state index contributed by atoms with van der Waals surface area (Å²) < 4.78 is 9.47. The van der Waals surface area contributed by atoms with Crippen LogP contribution in [0.25, 0.3) is 0 Å². The monoisotopic (exact) mass is 699 g/mol. The van der Waals surface area contributed by atoms with E-state index in [0.29, 0.717) is 38.1 Å². The molecule has 0 radical (unpaired) electrons. The van der Waals surface area contributed by atoms with Gasteiger partial charge in [-0.25, -0.2) is 9.59 Å². The van der Waals surface area contributed by atoms with Crippen molar-refractivity contribution in [3.05, 3.63) is 124 Å². The molecule has 0 aliphatic heterocycles. The summed E-state index contributed by atoms with van der Waals surface area (Å²) in [7, 11) is 0. The predicted octanol–water partition coefficient (Wildman–Crippen LogP) is 7.25. The number of thiocarbonyl (C=S) groups is 2. The van der Waals surface area contributed by atoms with Crippen LogP contribution in [-0.4, -0.2) is 45.7 Å². The van der Waals surface area contributed by atoms with Crippen LogP contribution in [0.2, 0.25) is 10.0 Å². The summed E-state index contributed by atoms with van der Waals surface area (Å²) in [5, 5.41) is 23.3. The highest BCUT2D eigenvalue weighted by Crippen LogP contribution is 2.37. The van der Waals surface area contributed by atoms with Crippen LogP contribution in [0.4, 0.5) is 21.0 Å². The number of hydrogen-bond donors (Lipinski definition) is 5. The van der Waals surface area contributed by atoms with Crippen molar-refractivity contribution >= 4 is 81.4 Å². The first-order chi connectivity index (χ1) is 22.1. The van der Waals surface area contributed by atoms with Gasteiger partial charge in [-0.2, -0.15) is 0 Å². The third-order valence-corrected chi connectivity index (χ3v) is 6.92. The number of nitrogens with zero attached hydrogens (tertiary/aromatic N) is 1. The number of hydrogen-bond acceptors (Lipinski definition) is 8. The summed E-state index contributed by atoms with van der Waals surface area (Å²) in [4.78, 5) is 26.8. The molecule has 240 valence electrons. The zero-order chi connectivity index (χ0) is 33.5. The van der Waals surface area contributed by atoms with Crippen LogP contribution in [0, 0.1) is 0 Å². The maximum Gasteiger partial charge on any atom is 0.413 e. The van der Waals surface area contributed by atoms with E-state index < -0.39 is 17.8 Å². The molecular formula is C32H31Cl2N5O5S2. The number of alkyl carbamates (subject to hydrolysis) is 2. The van der Waals surface area contributed by atoms with Crippen LogP contribution in [0.5, 0.6) is 0 Å². The summed E-state index contributed by atoms with van der Waals surface area (Å²) in [6.07, 6.45) is 2.02. The van der Waals surface area contributed by atoms with Gasteiger partial charge >= 0.3 is 12.2 Å². The number of para-hydroxylation sites is 2. The molecule has 0 bridgehead atoms. The number of aliphatic hydroxyl groups is 1. The van der Waals surface area contributed by atoms with E-state index in [9.17, 15) is 14.7 Å². The van der Waals surface area contributed by atoms with Crippen molar-refractivity contribution in [1.82, 2.24) is 15.6 Å². The fourth-order valence-electron chi connectivity index (χ4n) is 3.99. The molecule has 0 fully saturated rings. The van der Waals surface area contributed by atoms with Crippen LogP contribution in [0.15, 0.2) is 97.3 Å². The van der Waals surface area contributed by atoms with E-state index in [0.717, 1.165) is 0 Å². The van der Waals surface area contributed by atoms with Gasteiger partial charge < -0.3 is 25.2 Å². The second-order valence-corrected chi connectivity index (χ2v) is 10.8. The number of anilines is 2. The number of amides is 2. The third-order valence-electron chi connectivity index (χ3n) is 6.01. The highest BCUT2D eigenvalue weighted by Gasteiger charge is 2.34. The quantitative estimate of drug-likeness (QED) is 0.126. The Morgan fingerprint density at radius 3 is 1.52 bits per heavy atom. The lowest BCUT2D eigenvalue weighted by atomic mass is 9.81. The van der Waals surface area contributed by atoms with E-state index in [-0.39, 0.29) is 23.4 Å². The Balaban J connectivity index is 0.000000251. The fraction of sp³-hybridized carbons (Fsp3) is 0.156. The van der Waals surface area contributed by atoms with Gasteiger partial charge in [-0.05, 0) is 91.9 Å². The maximum absolute atomic E-state index is 11.5. The standard InChI is InChI=1S/C18H13Cl2NO.C14H18N4O4S2/c19-16-7-3-13(4-8-16)18(22,15-2-1-11-21-12-15)14-5-9-17(20)10-6-14;1-3-21-13(19)17-11(23)15-9-7-5-6-8-10(9)16-12(24)18-14(20)22-4-2/h1-12,22H;5-8H,3-4H2,1-2H3,(H2,15,17,19,23)(H2,16,18,20,24). The number of aromatic nitrogens is 1. The van der Waals surface area contributed by atoms with Gasteiger partial charge in [-0.15, -0.1) is 0 Å². The minimum absolute atomic E-state index is 0.0620. The second kappa shape index (κ2) is 18.0. The number of benzene rings is 3. The molecule has 0 saturated carbocycles. The van der Waals surface area contributed by atoms with E-state index in [1.165, 1.54) is 0 Å². The zero-order valence-electron chi connectivity index (χ0n) is 24.8. The number of rotatable bonds is 7. The Morgan fingerprint density at radius 1 is 0.717 bits per heavy atom. The molecule has 1 heterocycles. The van der Waals surface area contributed by atoms with Crippen LogP contribution in [0.1, 0.15) is 30.5 Å². The molecule has 4 rings (SSSR count). The van der Waals surface area contributed by atoms with Crippen molar-refractivity contribution in [3.63, 3.8) is 0 Å². The van der Waals surface area contributed by atoms with Crippen molar-refractivity contribution in [2.45, 2.75) is 19.4 Å². The van der Waals surface area contributed by atoms with Gasteiger partial charge in [0.25, 0.3) is 0 Å². The van der Waals surface area contributed by atoms with E-state index in [1.807, 2.05) is 30.3 Å². The number of carbonyl (C=O) groups excluding carboxylic acids is 2. The van der Waals surface area contributed by atoms with Gasteiger partial charge in [0.1, 0.15) is 5.60 Å². The highest BCUT2D eigenvalue weighted by atomic mass is 35.5. The molecule has 0 aliphatic rings. The average molecular weight is 701 g/mol. The second-order valence-electron chi connectivity index (χ2n) is 9.11. The molecule has 1 aromatic heterocycles. The molecule has 0 aliphatic carbocycles. The van der Waals surface area contributed by atoms with Gasteiger partial charge in [0.15, 0.2) is 10.2 Å². The summed E-state index contributed by atoms with van der Waals surface area (Å²) in [5.74, 6) is 0. The van der Waals surface area contributed by atoms with Crippen molar-refractivity contribution < 1.29 is 24.2 Å². The molecule has 10 nitrogen and oxygen atoms in total. The first kappa shape index (κ1) is 36.1. The Bertz CT molecular complexity index is 1530. The molecule has 0 unspecified atom stereocenters. The Labute approximate surface area is 287 Å². The third kappa shape index (κ3) is 10.6. The summed E-state index contributed by atoms with van der Waals surface area (Å²) in [6, 6.07) is 24.9. The van der Waals surface area contributed by atoms with Crippen LogP contribution < -0.4 is 21.3 Å². The largest absolute Gasteiger partial charge is 0.450 e. The lowest BCUT2D eigenvalue weighted by molar-refractivity contribution is 0.125. The summed E-state index contributed by atoms with van der Waals surface area (Å²) >= 11 is 22.0. The van der Waals surface area contributed by atoms with E-state index >= 15 is 0 Å². The zero-order valence-corrected chi connectivity index (χ0v) is 27.9. The van der Waals surface area contributed by atoms with Gasteiger partial charge in [0.2, 0.25) is 0 Å². The Hall–Kier alpha value is -4.33. The van der Waals surface area contributed by atoms with Gasteiger partial charge in [-0.1, -0.05) is 65.7 Å². The average Bonchev–Trinajstić information content (AvgIpc) is 3.03. The van der Waals surface area contributed by atoms with Crippen molar-refractivity contribution in [2.24, 2.45) is 0 Å². The minimum Gasteiger partial charge on any atom is -0.450 e. The van der Waals surface area contributed by atoms with Crippen LogP contribution in [0.3, 0.4) is 0 Å². The number of carbonyl (C=O) groups is 2. The SMILES string of the molecule is CCOC(=O)NC(=S)Nc1ccccc1NC(=S)NC(=O)OCC.OC(c1ccc(Cl)cc1)(c1ccc(Cl)cc1)c1cccnc1. The molecule has 0 saturated heterocycles. The lowest BCUT2D eigenvalue weighted by Crippen LogP contribution is -2.36. The fourth-order valence-corrected chi connectivity index (χ4v) is 4.63. The number of halogens is 2. The Kier molecular flexibility index (Phi) is 14.1. The summed E-state index contributed by atoms with van der Waals surface area (Å²) in [6.45, 7) is 3.85. The molecule has 4 aromatic rings. The topological polar surface area (TPSA) is 134 Å². The lowest BCUT2D eigenvalue weighted by Gasteiger charge is -2.29. The Morgan fingerprint density at radius 2 is 1.15 bits per heavy atom. The predicted molar refractivity (Wildman–Crippen MR) is 188 cm³/mol. The number of nitrogens with one attached hydrogen (secondary N) is 4. The van der Waals surface area contributed by atoms with Crippen molar-refractivity contribution in [2.75, 3.05) is 23.8 Å². The molecular weight excluding hydrogens is 669 g/mol. The molecule has 2 amide bonds. The van der Waals surface area contributed by atoms with Gasteiger partial charge in [-0.3, -0.25) is 15.6 Å². The first-order valence-corrected chi connectivity index (χ1v) is 15.4. The minimum atomic E-state index is -1.32.